The lowest BCUT2D eigenvalue weighted by molar-refractivity contribution is 0.102. The second-order valence-electron chi connectivity index (χ2n) is 5.99. The molecular weight excluding hydrogens is 376 g/mol. The molecule has 2 aromatic rings. The number of anilines is 1. The molecule has 0 unspecified atom stereocenters. The van der Waals surface area contributed by atoms with Crippen LogP contribution in [0.15, 0.2) is 36.4 Å². The van der Waals surface area contributed by atoms with Crippen LogP contribution >= 0.6 is 23.2 Å². The van der Waals surface area contributed by atoms with E-state index < -0.39 is 0 Å². The Labute approximate surface area is 163 Å². The van der Waals surface area contributed by atoms with Gasteiger partial charge >= 0.3 is 0 Å². The highest BCUT2D eigenvalue weighted by molar-refractivity contribution is 6.37. The Morgan fingerprint density at radius 3 is 2.27 bits per heavy atom. The van der Waals surface area contributed by atoms with Crippen molar-refractivity contribution in [3.8, 4) is 5.75 Å². The number of halogens is 3. The van der Waals surface area contributed by atoms with E-state index in [-0.39, 0.29) is 21.8 Å². The summed E-state index contributed by atoms with van der Waals surface area (Å²) in [6.45, 7) is 2.70. The van der Waals surface area contributed by atoms with Crippen LogP contribution in [0.4, 0.5) is 10.1 Å². The average Bonchev–Trinajstić information content (AvgIpc) is 2.61. The SMILES string of the molecule is CCCCCCCOc1c(Cl)cc(C(=O)Nc2ccc(F)cc2)cc1Cl. The van der Waals surface area contributed by atoms with Crippen LogP contribution in [-0.2, 0) is 0 Å². The molecule has 26 heavy (non-hydrogen) atoms. The quantitative estimate of drug-likeness (QED) is 0.476. The first-order chi connectivity index (χ1) is 12.5. The van der Waals surface area contributed by atoms with E-state index in [4.69, 9.17) is 27.9 Å². The number of benzene rings is 2. The highest BCUT2D eigenvalue weighted by Crippen LogP contribution is 2.34. The summed E-state index contributed by atoms with van der Waals surface area (Å²) in [5.41, 5.74) is 0.788. The van der Waals surface area contributed by atoms with Crippen molar-refractivity contribution in [2.45, 2.75) is 39.0 Å². The first-order valence-electron chi connectivity index (χ1n) is 8.70. The summed E-state index contributed by atoms with van der Waals surface area (Å²) < 4.78 is 18.6. The average molecular weight is 398 g/mol. The number of rotatable bonds is 9. The minimum Gasteiger partial charge on any atom is -0.490 e. The van der Waals surface area contributed by atoms with Crippen molar-refractivity contribution >= 4 is 34.8 Å². The molecule has 0 saturated heterocycles. The van der Waals surface area contributed by atoms with E-state index in [0.29, 0.717) is 23.6 Å². The van der Waals surface area contributed by atoms with Gasteiger partial charge in [-0.3, -0.25) is 4.79 Å². The predicted octanol–water partition coefficient (Wildman–Crippen LogP) is 6.73. The molecule has 0 saturated carbocycles. The zero-order chi connectivity index (χ0) is 18.9. The minimum absolute atomic E-state index is 0.287. The molecule has 0 spiro atoms. The van der Waals surface area contributed by atoms with Gasteiger partial charge in [-0.15, -0.1) is 0 Å². The highest BCUT2D eigenvalue weighted by atomic mass is 35.5. The van der Waals surface area contributed by atoms with E-state index in [9.17, 15) is 9.18 Å². The summed E-state index contributed by atoms with van der Waals surface area (Å²) in [4.78, 5) is 12.3. The second kappa shape index (κ2) is 10.4. The first kappa shape index (κ1) is 20.5. The van der Waals surface area contributed by atoms with Gasteiger partial charge in [0.15, 0.2) is 5.75 Å². The van der Waals surface area contributed by atoms with E-state index in [0.717, 1.165) is 12.8 Å². The molecule has 0 aliphatic rings. The molecule has 0 aliphatic carbocycles. The number of nitrogens with one attached hydrogen (secondary N) is 1. The fourth-order valence-corrected chi connectivity index (χ4v) is 3.04. The normalized spacial score (nSPS) is 10.6. The van der Waals surface area contributed by atoms with Crippen molar-refractivity contribution in [3.63, 3.8) is 0 Å². The lowest BCUT2D eigenvalue weighted by Gasteiger charge is -2.12. The zero-order valence-electron chi connectivity index (χ0n) is 14.7. The Balaban J connectivity index is 1.96. The summed E-state index contributed by atoms with van der Waals surface area (Å²) in [7, 11) is 0. The Bertz CT molecular complexity index is 712. The molecule has 2 aromatic carbocycles. The fourth-order valence-electron chi connectivity index (χ4n) is 2.45. The van der Waals surface area contributed by atoms with Crippen LogP contribution in [-0.4, -0.2) is 12.5 Å². The summed E-state index contributed by atoms with van der Waals surface area (Å²) >= 11 is 12.5. The number of carbonyl (C=O) groups is 1. The Kier molecular flexibility index (Phi) is 8.20. The van der Waals surface area contributed by atoms with Crippen molar-refractivity contribution in [1.29, 1.82) is 0 Å². The Morgan fingerprint density at radius 1 is 1.04 bits per heavy atom. The molecule has 0 radical (unpaired) electrons. The maximum atomic E-state index is 12.9. The van der Waals surface area contributed by atoms with Gasteiger partial charge in [0.2, 0.25) is 0 Å². The van der Waals surface area contributed by atoms with Crippen LogP contribution in [0.5, 0.6) is 5.75 Å². The fraction of sp³-hybridized carbons (Fsp3) is 0.350. The summed E-state index contributed by atoms with van der Waals surface area (Å²) in [6.07, 6.45) is 5.63. The van der Waals surface area contributed by atoms with Crippen molar-refractivity contribution in [3.05, 3.63) is 57.8 Å². The van der Waals surface area contributed by atoms with Gasteiger partial charge in [0, 0.05) is 11.3 Å². The van der Waals surface area contributed by atoms with E-state index in [1.807, 2.05) is 0 Å². The van der Waals surface area contributed by atoms with Crippen LogP contribution in [0.2, 0.25) is 10.0 Å². The Hall–Kier alpha value is -1.78. The largest absolute Gasteiger partial charge is 0.490 e. The molecule has 3 nitrogen and oxygen atoms in total. The van der Waals surface area contributed by atoms with Crippen molar-refractivity contribution in [2.75, 3.05) is 11.9 Å². The third kappa shape index (κ3) is 6.19. The van der Waals surface area contributed by atoms with E-state index >= 15 is 0 Å². The maximum Gasteiger partial charge on any atom is 0.255 e. The molecule has 0 atom stereocenters. The minimum atomic E-state index is -0.383. The topological polar surface area (TPSA) is 38.3 Å². The number of carbonyl (C=O) groups excluding carboxylic acids is 1. The van der Waals surface area contributed by atoms with Gasteiger partial charge in [-0.2, -0.15) is 0 Å². The van der Waals surface area contributed by atoms with E-state index in [1.165, 1.54) is 55.7 Å². The van der Waals surface area contributed by atoms with Gasteiger partial charge in [0.05, 0.1) is 16.7 Å². The molecular formula is C20H22Cl2FNO2. The van der Waals surface area contributed by atoms with Crippen molar-refractivity contribution < 1.29 is 13.9 Å². The lowest BCUT2D eigenvalue weighted by Crippen LogP contribution is -2.12. The van der Waals surface area contributed by atoms with Gasteiger partial charge in [-0.1, -0.05) is 55.8 Å². The van der Waals surface area contributed by atoms with Crippen LogP contribution in [0.3, 0.4) is 0 Å². The number of unbranched alkanes of at least 4 members (excludes halogenated alkanes) is 4. The molecule has 0 aromatic heterocycles. The molecule has 0 heterocycles. The third-order valence-corrected chi connectivity index (χ3v) is 4.42. The molecule has 0 aliphatic heterocycles. The molecule has 0 fully saturated rings. The lowest BCUT2D eigenvalue weighted by atomic mass is 10.1. The number of hydrogen-bond acceptors (Lipinski definition) is 2. The summed E-state index contributed by atoms with van der Waals surface area (Å²) in [6, 6.07) is 8.52. The van der Waals surface area contributed by atoms with Gasteiger partial charge in [-0.05, 0) is 42.8 Å². The maximum absolute atomic E-state index is 12.9. The zero-order valence-corrected chi connectivity index (χ0v) is 16.2. The van der Waals surface area contributed by atoms with Crippen LogP contribution in [0, 0.1) is 5.82 Å². The summed E-state index contributed by atoms with van der Waals surface area (Å²) in [5.74, 6) is -0.362. The predicted molar refractivity (Wildman–Crippen MR) is 105 cm³/mol. The third-order valence-electron chi connectivity index (χ3n) is 3.86. The van der Waals surface area contributed by atoms with Crippen molar-refractivity contribution in [1.82, 2.24) is 0 Å². The summed E-state index contributed by atoms with van der Waals surface area (Å²) in [5, 5.41) is 3.24. The van der Waals surface area contributed by atoms with E-state index in [2.05, 4.69) is 12.2 Å². The molecule has 6 heteroatoms. The molecule has 0 bridgehead atoms. The second-order valence-corrected chi connectivity index (χ2v) is 6.81. The highest BCUT2D eigenvalue weighted by Gasteiger charge is 2.14. The van der Waals surface area contributed by atoms with Crippen LogP contribution < -0.4 is 10.1 Å². The van der Waals surface area contributed by atoms with Gasteiger partial charge in [0.1, 0.15) is 5.82 Å². The Morgan fingerprint density at radius 2 is 1.65 bits per heavy atom. The molecule has 1 N–H and O–H groups in total. The van der Waals surface area contributed by atoms with Crippen molar-refractivity contribution in [2.24, 2.45) is 0 Å². The number of ether oxygens (including phenoxy) is 1. The smallest absolute Gasteiger partial charge is 0.255 e. The molecule has 1 amide bonds. The standard InChI is InChI=1S/C20H22Cl2FNO2/c1-2-3-4-5-6-11-26-19-17(21)12-14(13-18(19)22)20(25)24-16-9-7-15(23)8-10-16/h7-10,12-13H,2-6,11H2,1H3,(H,24,25). The monoisotopic (exact) mass is 397 g/mol. The van der Waals surface area contributed by atoms with Gasteiger partial charge in [-0.25, -0.2) is 4.39 Å². The van der Waals surface area contributed by atoms with Gasteiger partial charge in [0.25, 0.3) is 5.91 Å². The van der Waals surface area contributed by atoms with Gasteiger partial charge < -0.3 is 10.1 Å². The molecule has 2 rings (SSSR count). The number of amides is 1. The van der Waals surface area contributed by atoms with E-state index in [1.54, 1.807) is 0 Å². The number of hydrogen-bond donors (Lipinski definition) is 1. The van der Waals surface area contributed by atoms with Crippen LogP contribution in [0.25, 0.3) is 0 Å². The van der Waals surface area contributed by atoms with Crippen LogP contribution in [0.1, 0.15) is 49.4 Å². The first-order valence-corrected chi connectivity index (χ1v) is 9.45. The molecule has 140 valence electrons.